The molecule has 0 saturated carbocycles. The third-order valence-electron chi connectivity index (χ3n) is 4.98. The minimum absolute atomic E-state index is 0.253. The monoisotopic (exact) mass is 385 g/mol. The lowest BCUT2D eigenvalue weighted by Crippen LogP contribution is -2.17. The molecule has 0 radical (unpaired) electrons. The van der Waals surface area contributed by atoms with Crippen molar-refractivity contribution in [2.24, 2.45) is 7.05 Å². The lowest BCUT2D eigenvalue weighted by molar-refractivity contribution is 0.414. The van der Waals surface area contributed by atoms with Gasteiger partial charge in [-0.2, -0.15) is 0 Å². The molecular formula is C22H19N5O2. The van der Waals surface area contributed by atoms with E-state index in [1.165, 1.54) is 0 Å². The largest absolute Gasteiger partial charge is 0.497 e. The van der Waals surface area contributed by atoms with Crippen LogP contribution >= 0.6 is 0 Å². The van der Waals surface area contributed by atoms with Crippen LogP contribution in [0, 0.1) is 0 Å². The van der Waals surface area contributed by atoms with E-state index in [2.05, 4.69) is 20.3 Å². The van der Waals surface area contributed by atoms with Crippen LogP contribution in [0.5, 0.6) is 5.75 Å². The summed E-state index contributed by atoms with van der Waals surface area (Å²) >= 11 is 0. The summed E-state index contributed by atoms with van der Waals surface area (Å²) in [5.74, 6) is 2.24. The Kier molecular flexibility index (Phi) is 4.13. The molecule has 7 heteroatoms. The lowest BCUT2D eigenvalue weighted by Gasteiger charge is -2.20. The van der Waals surface area contributed by atoms with Gasteiger partial charge >= 0.3 is 0 Å². The third kappa shape index (κ3) is 2.97. The molecule has 1 unspecified atom stereocenters. The van der Waals surface area contributed by atoms with Crippen LogP contribution in [0.1, 0.15) is 17.4 Å². The number of hydrogen-bond donors (Lipinski definition) is 1. The molecule has 0 fully saturated rings. The van der Waals surface area contributed by atoms with Crippen LogP contribution in [0.15, 0.2) is 71.7 Å². The highest BCUT2D eigenvalue weighted by Gasteiger charge is 2.22. The van der Waals surface area contributed by atoms with Crippen molar-refractivity contribution in [2.45, 2.75) is 6.04 Å². The molecule has 0 bridgehead atoms. The minimum Gasteiger partial charge on any atom is -0.497 e. The average Bonchev–Trinajstić information content (AvgIpc) is 3.36. The van der Waals surface area contributed by atoms with Gasteiger partial charge in [-0.05, 0) is 29.8 Å². The number of furan rings is 1. The van der Waals surface area contributed by atoms with Gasteiger partial charge < -0.3 is 19.0 Å². The van der Waals surface area contributed by atoms with Gasteiger partial charge in [-0.15, -0.1) is 0 Å². The molecule has 0 saturated heterocycles. The third-order valence-corrected chi connectivity index (χ3v) is 4.98. The van der Waals surface area contributed by atoms with E-state index in [1.807, 2.05) is 66.3 Å². The second-order valence-electron chi connectivity index (χ2n) is 6.75. The number of fused-ring (bicyclic) bond motifs is 3. The first-order valence-corrected chi connectivity index (χ1v) is 9.24. The van der Waals surface area contributed by atoms with E-state index in [0.717, 1.165) is 33.6 Å². The summed E-state index contributed by atoms with van der Waals surface area (Å²) < 4.78 is 13.5. The fourth-order valence-electron chi connectivity index (χ4n) is 3.54. The predicted molar refractivity (Wildman–Crippen MR) is 111 cm³/mol. The summed E-state index contributed by atoms with van der Waals surface area (Å²) in [5.41, 5.74) is 3.18. The molecular weight excluding hydrogens is 366 g/mol. The average molecular weight is 385 g/mol. The second-order valence-corrected chi connectivity index (χ2v) is 6.75. The predicted octanol–water partition coefficient (Wildman–Crippen LogP) is 4.32. The molecule has 0 aliphatic rings. The Labute approximate surface area is 167 Å². The van der Waals surface area contributed by atoms with Crippen molar-refractivity contribution in [3.05, 3.63) is 78.6 Å². The van der Waals surface area contributed by atoms with Crippen LogP contribution in [0.4, 0.5) is 5.82 Å². The molecule has 0 aliphatic carbocycles. The number of benzene rings is 2. The summed E-state index contributed by atoms with van der Waals surface area (Å²) in [5, 5.41) is 4.47. The van der Waals surface area contributed by atoms with Crippen molar-refractivity contribution in [2.75, 3.05) is 12.4 Å². The van der Waals surface area contributed by atoms with E-state index in [4.69, 9.17) is 9.15 Å². The number of rotatable bonds is 5. The standard InChI is InChI=1S/C22H19N5O2/c1-27-11-10-23-22(27)18(14-6-5-7-15(12-14)28-2)26-21-20-19(24-13-25-21)16-8-3-4-9-17(16)29-20/h3-13,18H,1-2H3,(H,24,25,26). The molecule has 0 amide bonds. The first-order valence-electron chi connectivity index (χ1n) is 9.24. The van der Waals surface area contributed by atoms with Crippen molar-refractivity contribution in [3.63, 3.8) is 0 Å². The van der Waals surface area contributed by atoms with Gasteiger partial charge in [-0.3, -0.25) is 0 Å². The SMILES string of the molecule is COc1cccc(C(Nc2ncnc3c2oc2ccccc23)c2nccn2C)c1. The maximum atomic E-state index is 6.07. The Morgan fingerprint density at radius 3 is 2.79 bits per heavy atom. The molecule has 5 rings (SSSR count). The number of imidazole rings is 1. The van der Waals surface area contributed by atoms with Crippen LogP contribution in [-0.4, -0.2) is 26.6 Å². The number of aromatic nitrogens is 4. The fraction of sp³-hybridized carbons (Fsp3) is 0.136. The first kappa shape index (κ1) is 17.2. The quantitative estimate of drug-likeness (QED) is 0.485. The van der Waals surface area contributed by atoms with E-state index in [9.17, 15) is 0 Å². The smallest absolute Gasteiger partial charge is 0.196 e. The van der Waals surface area contributed by atoms with Crippen molar-refractivity contribution in [1.29, 1.82) is 0 Å². The van der Waals surface area contributed by atoms with E-state index in [1.54, 1.807) is 19.6 Å². The minimum atomic E-state index is -0.253. The van der Waals surface area contributed by atoms with Crippen LogP contribution in [0.3, 0.4) is 0 Å². The zero-order valence-corrected chi connectivity index (χ0v) is 16.0. The van der Waals surface area contributed by atoms with Crippen LogP contribution in [0.2, 0.25) is 0 Å². The van der Waals surface area contributed by atoms with Gasteiger partial charge in [0.2, 0.25) is 0 Å². The van der Waals surface area contributed by atoms with Gasteiger partial charge in [0.25, 0.3) is 0 Å². The summed E-state index contributed by atoms with van der Waals surface area (Å²) in [6.07, 6.45) is 5.25. The number of nitrogens with one attached hydrogen (secondary N) is 1. The zero-order chi connectivity index (χ0) is 19.8. The molecule has 7 nitrogen and oxygen atoms in total. The Hall–Kier alpha value is -3.87. The number of anilines is 1. The van der Waals surface area contributed by atoms with Crippen molar-refractivity contribution < 1.29 is 9.15 Å². The topological polar surface area (TPSA) is 78.0 Å². The second kappa shape index (κ2) is 6.94. The molecule has 1 N–H and O–H groups in total. The number of para-hydroxylation sites is 1. The van der Waals surface area contributed by atoms with Gasteiger partial charge in [-0.25, -0.2) is 15.0 Å². The van der Waals surface area contributed by atoms with Crippen LogP contribution in [-0.2, 0) is 7.05 Å². The number of methoxy groups -OCH3 is 1. The van der Waals surface area contributed by atoms with Crippen molar-refractivity contribution in [3.8, 4) is 5.75 Å². The van der Waals surface area contributed by atoms with Gasteiger partial charge in [0.05, 0.1) is 7.11 Å². The maximum Gasteiger partial charge on any atom is 0.196 e. The van der Waals surface area contributed by atoms with Crippen molar-refractivity contribution >= 4 is 27.9 Å². The summed E-state index contributed by atoms with van der Waals surface area (Å²) in [4.78, 5) is 13.4. The Balaban J connectivity index is 1.65. The zero-order valence-electron chi connectivity index (χ0n) is 16.0. The highest BCUT2D eigenvalue weighted by Crippen LogP contribution is 2.34. The van der Waals surface area contributed by atoms with E-state index in [-0.39, 0.29) is 6.04 Å². The van der Waals surface area contributed by atoms with Gasteiger partial charge in [0.1, 0.15) is 35.0 Å². The highest BCUT2D eigenvalue weighted by atomic mass is 16.5. The Bertz CT molecular complexity index is 1310. The highest BCUT2D eigenvalue weighted by molar-refractivity contribution is 6.05. The summed E-state index contributed by atoms with van der Waals surface area (Å²) in [6, 6.07) is 15.5. The van der Waals surface area contributed by atoms with Crippen LogP contribution < -0.4 is 10.1 Å². The first-order chi connectivity index (χ1) is 14.2. The lowest BCUT2D eigenvalue weighted by atomic mass is 10.1. The number of ether oxygens (including phenoxy) is 1. The normalized spacial score (nSPS) is 12.3. The fourth-order valence-corrected chi connectivity index (χ4v) is 3.54. The molecule has 0 spiro atoms. The van der Waals surface area contributed by atoms with E-state index >= 15 is 0 Å². The number of aryl methyl sites for hydroxylation is 1. The summed E-state index contributed by atoms with van der Waals surface area (Å²) in [7, 11) is 3.62. The molecule has 3 aromatic heterocycles. The van der Waals surface area contributed by atoms with E-state index < -0.39 is 0 Å². The molecule has 2 aromatic carbocycles. The maximum absolute atomic E-state index is 6.07. The van der Waals surface area contributed by atoms with Gasteiger partial charge in [0.15, 0.2) is 11.4 Å². The Morgan fingerprint density at radius 2 is 1.97 bits per heavy atom. The molecule has 1 atom stereocenters. The molecule has 5 aromatic rings. The summed E-state index contributed by atoms with van der Waals surface area (Å²) in [6.45, 7) is 0. The molecule has 29 heavy (non-hydrogen) atoms. The van der Waals surface area contributed by atoms with Crippen LogP contribution in [0.25, 0.3) is 22.1 Å². The number of hydrogen-bond acceptors (Lipinski definition) is 6. The molecule has 0 aliphatic heterocycles. The van der Waals surface area contributed by atoms with Crippen molar-refractivity contribution in [1.82, 2.24) is 19.5 Å². The molecule has 3 heterocycles. The number of nitrogens with zero attached hydrogens (tertiary/aromatic N) is 4. The van der Waals surface area contributed by atoms with Gasteiger partial charge in [-0.1, -0.05) is 24.3 Å². The molecule has 144 valence electrons. The van der Waals surface area contributed by atoms with Gasteiger partial charge in [0, 0.05) is 24.8 Å². The Morgan fingerprint density at radius 1 is 1.07 bits per heavy atom. The van der Waals surface area contributed by atoms with E-state index in [0.29, 0.717) is 11.4 Å².